The van der Waals surface area contributed by atoms with E-state index >= 15 is 0 Å². The van der Waals surface area contributed by atoms with Gasteiger partial charge in [-0.3, -0.25) is 0 Å². The van der Waals surface area contributed by atoms with Crippen LogP contribution in [0.25, 0.3) is 0 Å². The number of hydrogen-bond donors (Lipinski definition) is 4. The molecule has 0 radical (unpaired) electrons. The predicted octanol–water partition coefficient (Wildman–Crippen LogP) is 0.446. The highest BCUT2D eigenvalue weighted by Gasteiger charge is 2.86. The minimum atomic E-state index is -7.27. The molecular formula is C6H5F9O4. The van der Waals surface area contributed by atoms with Crippen molar-refractivity contribution in [2.24, 2.45) is 0 Å². The lowest BCUT2D eigenvalue weighted by Crippen LogP contribution is -2.72. The van der Waals surface area contributed by atoms with Gasteiger partial charge in [-0.15, -0.1) is 0 Å². The Morgan fingerprint density at radius 1 is 0.632 bits per heavy atom. The molecule has 0 aromatic heterocycles. The average molecular weight is 312 g/mol. The molecule has 0 aliphatic carbocycles. The maximum atomic E-state index is 12.7. The molecule has 19 heavy (non-hydrogen) atoms. The molecule has 0 aromatic rings. The number of halogens is 9. The molecule has 13 heteroatoms. The first kappa shape index (κ1) is 18.2. The Morgan fingerprint density at radius 3 is 1.16 bits per heavy atom. The number of rotatable bonds is 5. The van der Waals surface area contributed by atoms with Gasteiger partial charge >= 0.3 is 36.0 Å². The van der Waals surface area contributed by atoms with Crippen LogP contribution in [0.4, 0.5) is 39.5 Å². The summed E-state index contributed by atoms with van der Waals surface area (Å²) in [5.74, 6) is -33.4. The van der Waals surface area contributed by atoms with Crippen LogP contribution in [0.15, 0.2) is 0 Å². The molecule has 1 atom stereocenters. The van der Waals surface area contributed by atoms with Gasteiger partial charge in [0.2, 0.25) is 0 Å². The minimum Gasteiger partial charge on any atom is -0.351 e. The number of aliphatic hydroxyl groups is 4. The second-order valence-corrected chi connectivity index (χ2v) is 3.33. The molecule has 0 fully saturated rings. The average Bonchev–Trinajstić information content (AvgIpc) is 2.14. The molecule has 0 amide bonds. The summed E-state index contributed by atoms with van der Waals surface area (Å²) in [6, 6.07) is 0. The van der Waals surface area contributed by atoms with Crippen molar-refractivity contribution < 1.29 is 59.9 Å². The normalized spacial score (nSPS) is 18.6. The van der Waals surface area contributed by atoms with Crippen LogP contribution < -0.4 is 0 Å². The summed E-state index contributed by atoms with van der Waals surface area (Å²) in [5.41, 5.74) is 0. The van der Waals surface area contributed by atoms with E-state index in [4.69, 9.17) is 20.4 Å². The lowest BCUT2D eigenvalue weighted by atomic mass is 9.96. The molecule has 0 bridgehead atoms. The zero-order valence-electron chi connectivity index (χ0n) is 8.27. The summed E-state index contributed by atoms with van der Waals surface area (Å²) in [6.07, 6.45) is -5.41. The monoisotopic (exact) mass is 312 g/mol. The third kappa shape index (κ3) is 2.34. The zero-order chi connectivity index (χ0) is 16.1. The highest BCUT2D eigenvalue weighted by molar-refractivity contribution is 5.06. The van der Waals surface area contributed by atoms with Crippen LogP contribution in [0.2, 0.25) is 0 Å². The van der Waals surface area contributed by atoms with Gasteiger partial charge in [-0.25, -0.2) is 8.78 Å². The molecule has 0 aliphatic rings. The van der Waals surface area contributed by atoms with Crippen LogP contribution in [-0.2, 0) is 0 Å². The van der Waals surface area contributed by atoms with Crippen LogP contribution in [0, 0.1) is 0 Å². The summed E-state index contributed by atoms with van der Waals surface area (Å²) in [6.45, 7) is 0. The molecule has 0 aromatic carbocycles. The van der Waals surface area contributed by atoms with Crippen LogP contribution >= 0.6 is 0 Å². The Balaban J connectivity index is 5.92. The number of alkyl halides is 9. The third-order valence-corrected chi connectivity index (χ3v) is 1.95. The van der Waals surface area contributed by atoms with Crippen molar-refractivity contribution in [2.45, 2.75) is 36.0 Å². The Labute approximate surface area is 97.2 Å². The van der Waals surface area contributed by atoms with Crippen LogP contribution in [-0.4, -0.2) is 56.4 Å². The van der Waals surface area contributed by atoms with E-state index in [-0.39, 0.29) is 0 Å². The van der Waals surface area contributed by atoms with Gasteiger partial charge in [0, 0.05) is 0 Å². The van der Waals surface area contributed by atoms with Gasteiger partial charge in [0.15, 0.2) is 0 Å². The number of hydrogen-bond acceptors (Lipinski definition) is 4. The van der Waals surface area contributed by atoms with Crippen molar-refractivity contribution in [2.75, 3.05) is 0 Å². The standard InChI is InChI=1S/C6H5F9O4/c7-1(8)2(9,10)3(11,12)4(13,14)5(15,16)6(17,18)19/h1,16-19H. The SMILES string of the molecule is OC(O)(O)C(O)(F)C(F)(F)C(F)(F)C(F)(F)C(F)F. The molecule has 4 nitrogen and oxygen atoms in total. The Bertz CT molecular complexity index is 334. The molecule has 0 saturated carbocycles. The molecule has 116 valence electrons. The van der Waals surface area contributed by atoms with Crippen LogP contribution in [0.1, 0.15) is 0 Å². The van der Waals surface area contributed by atoms with E-state index in [1.165, 1.54) is 0 Å². The van der Waals surface area contributed by atoms with Gasteiger partial charge in [-0.1, -0.05) is 0 Å². The maximum Gasteiger partial charge on any atom is 0.384 e. The molecule has 4 N–H and O–H groups in total. The van der Waals surface area contributed by atoms with E-state index in [1.807, 2.05) is 0 Å². The zero-order valence-corrected chi connectivity index (χ0v) is 8.27. The molecule has 0 saturated heterocycles. The fourth-order valence-corrected chi connectivity index (χ4v) is 0.765. The van der Waals surface area contributed by atoms with Gasteiger partial charge in [-0.05, 0) is 0 Å². The van der Waals surface area contributed by atoms with Crippen molar-refractivity contribution in [1.29, 1.82) is 0 Å². The second-order valence-electron chi connectivity index (χ2n) is 3.33. The molecule has 0 heterocycles. The molecule has 0 rings (SSSR count). The van der Waals surface area contributed by atoms with E-state index in [1.54, 1.807) is 0 Å². The summed E-state index contributed by atoms with van der Waals surface area (Å²) in [4.78, 5) is 0. The predicted molar refractivity (Wildman–Crippen MR) is 36.3 cm³/mol. The first-order valence-electron chi connectivity index (χ1n) is 3.94. The third-order valence-electron chi connectivity index (χ3n) is 1.95. The van der Waals surface area contributed by atoms with Crippen molar-refractivity contribution in [3.63, 3.8) is 0 Å². The largest absolute Gasteiger partial charge is 0.384 e. The topological polar surface area (TPSA) is 80.9 Å². The minimum absolute atomic E-state index is 5.41. The lowest BCUT2D eigenvalue weighted by molar-refractivity contribution is -0.498. The van der Waals surface area contributed by atoms with E-state index in [0.29, 0.717) is 0 Å². The van der Waals surface area contributed by atoms with E-state index in [0.717, 1.165) is 0 Å². The fraction of sp³-hybridized carbons (Fsp3) is 1.00. The Kier molecular flexibility index (Phi) is 4.18. The van der Waals surface area contributed by atoms with Crippen molar-refractivity contribution in [3.8, 4) is 0 Å². The van der Waals surface area contributed by atoms with E-state index in [2.05, 4.69) is 0 Å². The van der Waals surface area contributed by atoms with Crippen molar-refractivity contribution in [3.05, 3.63) is 0 Å². The lowest BCUT2D eigenvalue weighted by Gasteiger charge is -2.40. The van der Waals surface area contributed by atoms with Gasteiger partial charge in [0.25, 0.3) is 0 Å². The van der Waals surface area contributed by atoms with Crippen molar-refractivity contribution in [1.82, 2.24) is 0 Å². The van der Waals surface area contributed by atoms with Gasteiger partial charge < -0.3 is 20.4 Å². The molecular weight excluding hydrogens is 307 g/mol. The first-order valence-corrected chi connectivity index (χ1v) is 3.94. The smallest absolute Gasteiger partial charge is 0.351 e. The van der Waals surface area contributed by atoms with Crippen LogP contribution in [0.5, 0.6) is 0 Å². The highest BCUT2D eigenvalue weighted by atomic mass is 19.4. The summed E-state index contributed by atoms with van der Waals surface area (Å²) < 4.78 is 111. The van der Waals surface area contributed by atoms with E-state index < -0.39 is 36.0 Å². The summed E-state index contributed by atoms with van der Waals surface area (Å²) in [5, 5.41) is 31.7. The van der Waals surface area contributed by atoms with E-state index in [9.17, 15) is 39.5 Å². The molecule has 0 aliphatic heterocycles. The van der Waals surface area contributed by atoms with Gasteiger partial charge in [0.05, 0.1) is 0 Å². The Hall–Kier alpha value is -0.790. The summed E-state index contributed by atoms with van der Waals surface area (Å²) in [7, 11) is 0. The quantitative estimate of drug-likeness (QED) is 0.439. The summed E-state index contributed by atoms with van der Waals surface area (Å²) >= 11 is 0. The highest BCUT2D eigenvalue weighted by Crippen LogP contribution is 2.54. The molecule has 0 spiro atoms. The second kappa shape index (κ2) is 4.36. The first-order chi connectivity index (χ1) is 7.94. The molecule has 1 unspecified atom stereocenters. The fourth-order valence-electron chi connectivity index (χ4n) is 0.765. The Morgan fingerprint density at radius 2 is 0.947 bits per heavy atom. The van der Waals surface area contributed by atoms with Gasteiger partial charge in [-0.2, -0.15) is 30.7 Å². The van der Waals surface area contributed by atoms with Gasteiger partial charge in [0.1, 0.15) is 0 Å². The maximum absolute atomic E-state index is 12.7. The van der Waals surface area contributed by atoms with Crippen molar-refractivity contribution >= 4 is 0 Å². The van der Waals surface area contributed by atoms with Crippen LogP contribution in [0.3, 0.4) is 0 Å².